The Labute approximate surface area is 170 Å². The van der Waals surface area contributed by atoms with Gasteiger partial charge in [-0.15, -0.1) is 0 Å². The SMILES string of the molecule is COCC(C)n1c(C)cc(/C=C(/C#N)C(=O)Nc2ccc3c(c2)OCCO3)c1C. The first-order valence-corrected chi connectivity index (χ1v) is 9.44. The minimum Gasteiger partial charge on any atom is -0.486 e. The van der Waals surface area contributed by atoms with Gasteiger partial charge in [-0.1, -0.05) is 0 Å². The topological polar surface area (TPSA) is 85.5 Å². The van der Waals surface area contributed by atoms with Gasteiger partial charge in [-0.25, -0.2) is 0 Å². The number of aryl methyl sites for hydroxylation is 1. The highest BCUT2D eigenvalue weighted by Gasteiger charge is 2.17. The molecule has 1 aliphatic heterocycles. The second kappa shape index (κ2) is 8.84. The highest BCUT2D eigenvalue weighted by Crippen LogP contribution is 2.32. The van der Waals surface area contributed by atoms with Gasteiger partial charge in [-0.05, 0) is 50.6 Å². The molecule has 7 nitrogen and oxygen atoms in total. The second-order valence-corrected chi connectivity index (χ2v) is 6.98. The molecular formula is C22H25N3O4. The van der Waals surface area contributed by atoms with Crippen molar-refractivity contribution in [2.24, 2.45) is 0 Å². The van der Waals surface area contributed by atoms with Gasteiger partial charge in [-0.2, -0.15) is 5.26 Å². The fourth-order valence-electron chi connectivity index (χ4n) is 3.57. The molecule has 2 heterocycles. The van der Waals surface area contributed by atoms with Crippen LogP contribution in [-0.4, -0.2) is 37.4 Å². The summed E-state index contributed by atoms with van der Waals surface area (Å²) in [5, 5.41) is 12.3. The van der Waals surface area contributed by atoms with Gasteiger partial charge in [0.05, 0.1) is 12.6 Å². The second-order valence-electron chi connectivity index (χ2n) is 6.98. The van der Waals surface area contributed by atoms with Crippen LogP contribution >= 0.6 is 0 Å². The van der Waals surface area contributed by atoms with Gasteiger partial charge in [0.25, 0.3) is 5.91 Å². The smallest absolute Gasteiger partial charge is 0.266 e. The first kappa shape index (κ1) is 20.5. The molecule has 1 amide bonds. The molecule has 0 bridgehead atoms. The van der Waals surface area contributed by atoms with E-state index in [1.807, 2.05) is 26.0 Å². The minimum atomic E-state index is -0.473. The largest absolute Gasteiger partial charge is 0.486 e. The van der Waals surface area contributed by atoms with Crippen molar-refractivity contribution >= 4 is 17.7 Å². The van der Waals surface area contributed by atoms with E-state index in [0.717, 1.165) is 17.0 Å². The molecule has 7 heteroatoms. The molecule has 152 valence electrons. The van der Waals surface area contributed by atoms with Crippen molar-refractivity contribution in [2.45, 2.75) is 26.8 Å². The molecular weight excluding hydrogens is 370 g/mol. The maximum absolute atomic E-state index is 12.7. The molecule has 0 fully saturated rings. The molecule has 0 saturated carbocycles. The Hall–Kier alpha value is -3.24. The lowest BCUT2D eigenvalue weighted by Crippen LogP contribution is -2.17. The fraction of sp³-hybridized carbons (Fsp3) is 0.364. The lowest BCUT2D eigenvalue weighted by molar-refractivity contribution is -0.112. The normalized spacial score (nSPS) is 14.2. The Morgan fingerprint density at radius 3 is 2.72 bits per heavy atom. The first-order valence-electron chi connectivity index (χ1n) is 9.44. The molecule has 1 unspecified atom stereocenters. The first-order chi connectivity index (χ1) is 13.9. The Kier molecular flexibility index (Phi) is 6.25. The van der Waals surface area contributed by atoms with Crippen molar-refractivity contribution in [3.8, 4) is 17.6 Å². The van der Waals surface area contributed by atoms with E-state index in [-0.39, 0.29) is 11.6 Å². The third-order valence-electron chi connectivity index (χ3n) is 4.84. The fourth-order valence-corrected chi connectivity index (χ4v) is 3.57. The summed E-state index contributed by atoms with van der Waals surface area (Å²) >= 11 is 0. The third-order valence-corrected chi connectivity index (χ3v) is 4.84. The number of nitrogens with zero attached hydrogens (tertiary/aromatic N) is 2. The van der Waals surface area contributed by atoms with Gasteiger partial charge >= 0.3 is 0 Å². The van der Waals surface area contributed by atoms with Gasteiger partial charge in [0.1, 0.15) is 24.9 Å². The van der Waals surface area contributed by atoms with Crippen LogP contribution < -0.4 is 14.8 Å². The summed E-state index contributed by atoms with van der Waals surface area (Å²) in [6.45, 7) is 7.58. The number of anilines is 1. The Morgan fingerprint density at radius 1 is 1.31 bits per heavy atom. The van der Waals surface area contributed by atoms with Gasteiger partial charge in [0.2, 0.25) is 0 Å². The number of aromatic nitrogens is 1. The van der Waals surface area contributed by atoms with Crippen molar-refractivity contribution in [2.75, 3.05) is 32.2 Å². The summed E-state index contributed by atoms with van der Waals surface area (Å²) in [4.78, 5) is 12.7. The zero-order valence-corrected chi connectivity index (χ0v) is 17.1. The summed E-state index contributed by atoms with van der Waals surface area (Å²) in [5.74, 6) is 0.744. The zero-order chi connectivity index (χ0) is 21.0. The molecule has 0 aliphatic carbocycles. The van der Waals surface area contributed by atoms with E-state index in [1.54, 1.807) is 31.4 Å². The molecule has 3 rings (SSSR count). The molecule has 2 aromatic rings. The maximum Gasteiger partial charge on any atom is 0.266 e. The van der Waals surface area contributed by atoms with Crippen LogP contribution in [0, 0.1) is 25.2 Å². The highest BCUT2D eigenvalue weighted by molar-refractivity contribution is 6.09. The summed E-state index contributed by atoms with van der Waals surface area (Å²) in [6.07, 6.45) is 1.62. The zero-order valence-electron chi connectivity index (χ0n) is 17.1. The van der Waals surface area contributed by atoms with Gasteiger partial charge in [0, 0.05) is 30.3 Å². The van der Waals surface area contributed by atoms with Crippen molar-refractivity contribution in [3.05, 3.63) is 46.8 Å². The van der Waals surface area contributed by atoms with E-state index < -0.39 is 5.91 Å². The molecule has 0 saturated heterocycles. The number of carbonyl (C=O) groups is 1. The summed E-state index contributed by atoms with van der Waals surface area (Å²) < 4.78 is 18.4. The highest BCUT2D eigenvalue weighted by atomic mass is 16.6. The van der Waals surface area contributed by atoms with Gasteiger partial charge < -0.3 is 24.1 Å². The number of hydrogen-bond acceptors (Lipinski definition) is 5. The third kappa shape index (κ3) is 4.44. The van der Waals surface area contributed by atoms with Crippen molar-refractivity contribution in [3.63, 3.8) is 0 Å². The van der Waals surface area contributed by atoms with E-state index in [2.05, 4.69) is 16.8 Å². The number of hydrogen-bond donors (Lipinski definition) is 1. The van der Waals surface area contributed by atoms with Crippen LogP contribution in [0.1, 0.15) is 29.9 Å². The van der Waals surface area contributed by atoms with Gasteiger partial charge in [0.15, 0.2) is 11.5 Å². The quantitative estimate of drug-likeness (QED) is 0.596. The number of rotatable bonds is 6. The van der Waals surface area contributed by atoms with Gasteiger partial charge in [-0.3, -0.25) is 4.79 Å². The van der Waals surface area contributed by atoms with Crippen molar-refractivity contribution < 1.29 is 19.0 Å². The molecule has 1 aromatic carbocycles. The number of nitriles is 1. The van der Waals surface area contributed by atoms with Crippen LogP contribution in [-0.2, 0) is 9.53 Å². The number of ether oxygens (including phenoxy) is 3. The summed E-state index contributed by atoms with van der Waals surface area (Å²) in [6, 6.07) is 9.28. The molecule has 0 spiro atoms. The molecule has 1 atom stereocenters. The minimum absolute atomic E-state index is 0.0273. The van der Waals surface area contributed by atoms with E-state index in [4.69, 9.17) is 14.2 Å². The van der Waals surface area contributed by atoms with Crippen LogP contribution in [0.3, 0.4) is 0 Å². The Balaban J connectivity index is 1.82. The predicted octanol–water partition coefficient (Wildman–Crippen LogP) is 3.63. The van der Waals surface area contributed by atoms with E-state index in [9.17, 15) is 10.1 Å². The molecule has 1 N–H and O–H groups in total. The number of carbonyl (C=O) groups excluding carboxylic acids is 1. The molecule has 0 radical (unpaired) electrons. The van der Waals surface area contributed by atoms with Crippen LogP contribution in [0.2, 0.25) is 0 Å². The average Bonchev–Trinajstić information content (AvgIpc) is 2.99. The molecule has 29 heavy (non-hydrogen) atoms. The summed E-state index contributed by atoms with van der Waals surface area (Å²) in [7, 11) is 1.67. The van der Waals surface area contributed by atoms with Crippen LogP contribution in [0.25, 0.3) is 6.08 Å². The lowest BCUT2D eigenvalue weighted by atomic mass is 10.1. The molecule has 1 aromatic heterocycles. The Bertz CT molecular complexity index is 985. The number of benzene rings is 1. The number of methoxy groups -OCH3 is 1. The lowest BCUT2D eigenvalue weighted by Gasteiger charge is -2.19. The van der Waals surface area contributed by atoms with Crippen molar-refractivity contribution in [1.29, 1.82) is 5.26 Å². The molecule has 1 aliphatic rings. The Morgan fingerprint density at radius 2 is 2.03 bits per heavy atom. The maximum atomic E-state index is 12.7. The number of nitrogens with one attached hydrogen (secondary N) is 1. The summed E-state index contributed by atoms with van der Waals surface area (Å²) in [5.41, 5.74) is 3.42. The van der Waals surface area contributed by atoms with E-state index >= 15 is 0 Å². The van der Waals surface area contributed by atoms with Crippen molar-refractivity contribution in [1.82, 2.24) is 4.57 Å². The van der Waals surface area contributed by atoms with E-state index in [1.165, 1.54) is 0 Å². The average molecular weight is 395 g/mol. The van der Waals surface area contributed by atoms with E-state index in [0.29, 0.717) is 37.0 Å². The standard InChI is InChI=1S/C22H25N3O4/c1-14-9-17(16(3)25(14)15(2)13-27-4)10-18(12-23)22(26)24-19-5-6-20-21(11-19)29-8-7-28-20/h5-6,9-11,15H,7-8,13H2,1-4H3,(H,24,26)/b18-10-. The van der Waals surface area contributed by atoms with Crippen LogP contribution in [0.4, 0.5) is 5.69 Å². The predicted molar refractivity (Wildman–Crippen MR) is 110 cm³/mol. The number of fused-ring (bicyclic) bond motifs is 1. The van der Waals surface area contributed by atoms with Crippen LogP contribution in [0.5, 0.6) is 11.5 Å². The monoisotopic (exact) mass is 395 g/mol. The van der Waals surface area contributed by atoms with Crippen LogP contribution in [0.15, 0.2) is 29.8 Å². The number of amides is 1.